The Kier molecular flexibility index (Phi) is 4.73. The van der Waals surface area contributed by atoms with Gasteiger partial charge in [0.2, 0.25) is 11.8 Å². The van der Waals surface area contributed by atoms with Crippen LogP contribution in [0.3, 0.4) is 0 Å². The van der Waals surface area contributed by atoms with E-state index < -0.39 is 0 Å². The Bertz CT molecular complexity index is 1130. The van der Waals surface area contributed by atoms with Gasteiger partial charge >= 0.3 is 5.69 Å². The van der Waals surface area contributed by atoms with Crippen molar-refractivity contribution in [3.05, 3.63) is 58.5 Å². The van der Waals surface area contributed by atoms with Crippen molar-refractivity contribution in [1.82, 2.24) is 9.13 Å². The quantitative estimate of drug-likeness (QED) is 0.716. The van der Waals surface area contributed by atoms with Crippen LogP contribution in [0.4, 0.5) is 11.4 Å². The van der Waals surface area contributed by atoms with E-state index in [0.29, 0.717) is 31.6 Å². The van der Waals surface area contributed by atoms with Crippen molar-refractivity contribution in [2.45, 2.75) is 39.3 Å². The number of hydrogen-bond donors (Lipinski definition) is 2. The Labute approximate surface area is 162 Å². The highest BCUT2D eigenvalue weighted by atomic mass is 16.2. The number of carbonyl (C=O) groups is 2. The fourth-order valence-electron chi connectivity index (χ4n) is 3.69. The van der Waals surface area contributed by atoms with Crippen LogP contribution in [0.2, 0.25) is 0 Å². The lowest BCUT2D eigenvalue weighted by molar-refractivity contribution is -0.117. The first-order chi connectivity index (χ1) is 13.6. The van der Waals surface area contributed by atoms with Crippen molar-refractivity contribution in [2.24, 2.45) is 0 Å². The summed E-state index contributed by atoms with van der Waals surface area (Å²) in [5, 5.41) is 5.71. The third-order valence-electron chi connectivity index (χ3n) is 5.09. The molecule has 0 radical (unpaired) electrons. The van der Waals surface area contributed by atoms with Gasteiger partial charge in [-0.3, -0.25) is 18.7 Å². The third-order valence-corrected chi connectivity index (χ3v) is 5.09. The van der Waals surface area contributed by atoms with Crippen molar-refractivity contribution >= 4 is 34.2 Å². The molecule has 2 N–H and O–H groups in total. The average Bonchev–Trinajstić information content (AvgIpc) is 2.97. The monoisotopic (exact) mass is 378 g/mol. The van der Waals surface area contributed by atoms with Crippen molar-refractivity contribution in [2.75, 3.05) is 10.6 Å². The lowest BCUT2D eigenvalue weighted by Crippen LogP contribution is -2.25. The first-order valence-corrected chi connectivity index (χ1v) is 9.47. The van der Waals surface area contributed by atoms with Gasteiger partial charge in [0, 0.05) is 37.3 Å². The Morgan fingerprint density at radius 1 is 1.07 bits per heavy atom. The van der Waals surface area contributed by atoms with Crippen molar-refractivity contribution in [3.63, 3.8) is 0 Å². The van der Waals surface area contributed by atoms with Crippen LogP contribution in [-0.2, 0) is 29.1 Å². The summed E-state index contributed by atoms with van der Waals surface area (Å²) in [6.45, 7) is 2.84. The number of imidazole rings is 1. The topological polar surface area (TPSA) is 85.1 Å². The maximum absolute atomic E-state index is 12.6. The predicted molar refractivity (Wildman–Crippen MR) is 109 cm³/mol. The van der Waals surface area contributed by atoms with E-state index in [4.69, 9.17) is 0 Å². The van der Waals surface area contributed by atoms with Gasteiger partial charge in [0.25, 0.3) is 0 Å². The SMILES string of the molecule is CCn1c(=O)n(CCC(=O)Nc2ccc3c(c2)CCC(=O)N3)c2ccccc21. The summed E-state index contributed by atoms with van der Waals surface area (Å²) in [6.07, 6.45) is 1.32. The van der Waals surface area contributed by atoms with Gasteiger partial charge in [0.05, 0.1) is 11.0 Å². The minimum absolute atomic E-state index is 0.0148. The zero-order valence-corrected chi connectivity index (χ0v) is 15.7. The standard InChI is InChI=1S/C21H22N4O3/c1-2-24-17-5-3-4-6-18(17)25(21(24)28)12-11-20(27)22-15-8-9-16-14(13-15)7-10-19(26)23-16/h3-6,8-9,13H,2,7,10-12H2,1H3,(H,22,27)(H,23,26). The number of anilines is 2. The zero-order chi connectivity index (χ0) is 19.7. The molecule has 3 aromatic rings. The summed E-state index contributed by atoms with van der Waals surface area (Å²) in [5.41, 5.74) is 4.14. The fraction of sp³-hybridized carbons (Fsp3) is 0.286. The molecule has 2 heterocycles. The molecule has 0 saturated carbocycles. The molecule has 1 aliphatic heterocycles. The average molecular weight is 378 g/mol. The van der Waals surface area contributed by atoms with Gasteiger partial charge < -0.3 is 10.6 Å². The number of carbonyl (C=O) groups excluding carboxylic acids is 2. The number of amides is 2. The number of fused-ring (bicyclic) bond motifs is 2. The molecule has 0 atom stereocenters. The fourth-order valence-corrected chi connectivity index (χ4v) is 3.69. The highest BCUT2D eigenvalue weighted by Crippen LogP contribution is 2.25. The van der Waals surface area contributed by atoms with Gasteiger partial charge in [-0.05, 0) is 49.2 Å². The molecule has 1 aliphatic rings. The number of aromatic nitrogens is 2. The molecule has 0 aliphatic carbocycles. The molecular formula is C21H22N4O3. The van der Waals surface area contributed by atoms with Gasteiger partial charge in [-0.15, -0.1) is 0 Å². The zero-order valence-electron chi connectivity index (χ0n) is 15.7. The van der Waals surface area contributed by atoms with Crippen LogP contribution in [0.15, 0.2) is 47.3 Å². The lowest BCUT2D eigenvalue weighted by Gasteiger charge is -2.17. The number of aryl methyl sites for hydroxylation is 3. The summed E-state index contributed by atoms with van der Waals surface area (Å²) in [7, 11) is 0. The Hall–Kier alpha value is -3.35. The summed E-state index contributed by atoms with van der Waals surface area (Å²) in [5.74, 6) is -0.138. The number of nitrogens with one attached hydrogen (secondary N) is 2. The van der Waals surface area contributed by atoms with Crippen LogP contribution in [0.5, 0.6) is 0 Å². The van der Waals surface area contributed by atoms with E-state index >= 15 is 0 Å². The molecule has 2 amide bonds. The maximum atomic E-state index is 12.6. The van der Waals surface area contributed by atoms with Gasteiger partial charge in [-0.25, -0.2) is 4.79 Å². The number of hydrogen-bond acceptors (Lipinski definition) is 3. The van der Waals surface area contributed by atoms with E-state index in [1.807, 2.05) is 37.3 Å². The maximum Gasteiger partial charge on any atom is 0.329 e. The van der Waals surface area contributed by atoms with E-state index in [-0.39, 0.29) is 23.9 Å². The van der Waals surface area contributed by atoms with E-state index in [1.54, 1.807) is 21.3 Å². The second-order valence-electron chi connectivity index (χ2n) is 6.89. The summed E-state index contributed by atoms with van der Waals surface area (Å²) in [6, 6.07) is 13.1. The van der Waals surface area contributed by atoms with E-state index in [0.717, 1.165) is 22.3 Å². The van der Waals surface area contributed by atoms with Crippen LogP contribution in [0.25, 0.3) is 11.0 Å². The van der Waals surface area contributed by atoms with Crippen LogP contribution in [0.1, 0.15) is 25.3 Å². The number of para-hydroxylation sites is 2. The van der Waals surface area contributed by atoms with E-state index in [1.165, 1.54) is 0 Å². The second-order valence-corrected chi connectivity index (χ2v) is 6.89. The summed E-state index contributed by atoms with van der Waals surface area (Å²) < 4.78 is 3.37. The minimum Gasteiger partial charge on any atom is -0.326 e. The van der Waals surface area contributed by atoms with Crippen molar-refractivity contribution in [3.8, 4) is 0 Å². The first kappa shape index (κ1) is 18.0. The van der Waals surface area contributed by atoms with E-state index in [2.05, 4.69) is 10.6 Å². The van der Waals surface area contributed by atoms with Crippen LogP contribution < -0.4 is 16.3 Å². The molecule has 0 fully saturated rings. The number of benzene rings is 2. The predicted octanol–water partition coefficient (Wildman–Crippen LogP) is 2.74. The molecule has 0 spiro atoms. The molecule has 4 rings (SSSR count). The minimum atomic E-state index is -0.153. The van der Waals surface area contributed by atoms with Crippen LogP contribution >= 0.6 is 0 Å². The Morgan fingerprint density at radius 3 is 2.57 bits per heavy atom. The second kappa shape index (κ2) is 7.34. The van der Waals surface area contributed by atoms with Crippen LogP contribution in [0, 0.1) is 0 Å². The van der Waals surface area contributed by atoms with Crippen molar-refractivity contribution in [1.29, 1.82) is 0 Å². The van der Waals surface area contributed by atoms with Crippen LogP contribution in [-0.4, -0.2) is 20.9 Å². The third kappa shape index (κ3) is 3.31. The first-order valence-electron chi connectivity index (χ1n) is 9.47. The van der Waals surface area contributed by atoms with Gasteiger partial charge in [-0.1, -0.05) is 12.1 Å². The van der Waals surface area contributed by atoms with Gasteiger partial charge in [-0.2, -0.15) is 0 Å². The summed E-state index contributed by atoms with van der Waals surface area (Å²) >= 11 is 0. The molecule has 28 heavy (non-hydrogen) atoms. The largest absolute Gasteiger partial charge is 0.329 e. The summed E-state index contributed by atoms with van der Waals surface area (Å²) in [4.78, 5) is 36.5. The molecule has 0 unspecified atom stereocenters. The molecule has 7 heteroatoms. The molecule has 0 bridgehead atoms. The molecule has 7 nitrogen and oxygen atoms in total. The molecular weight excluding hydrogens is 356 g/mol. The molecule has 2 aromatic carbocycles. The Balaban J connectivity index is 1.47. The molecule has 1 aromatic heterocycles. The van der Waals surface area contributed by atoms with Gasteiger partial charge in [0.15, 0.2) is 0 Å². The number of rotatable bonds is 5. The highest BCUT2D eigenvalue weighted by molar-refractivity contribution is 5.95. The lowest BCUT2D eigenvalue weighted by atomic mass is 10.0. The smallest absolute Gasteiger partial charge is 0.326 e. The molecule has 0 saturated heterocycles. The van der Waals surface area contributed by atoms with E-state index in [9.17, 15) is 14.4 Å². The number of nitrogens with zero attached hydrogens (tertiary/aromatic N) is 2. The Morgan fingerprint density at radius 2 is 1.82 bits per heavy atom. The highest BCUT2D eigenvalue weighted by Gasteiger charge is 2.16. The molecule has 144 valence electrons. The van der Waals surface area contributed by atoms with Crippen molar-refractivity contribution < 1.29 is 9.59 Å². The van der Waals surface area contributed by atoms with Gasteiger partial charge in [0.1, 0.15) is 0 Å². The normalized spacial score (nSPS) is 13.2.